The van der Waals surface area contributed by atoms with Crippen LogP contribution in [0.15, 0.2) is 29.6 Å². The van der Waals surface area contributed by atoms with Crippen LogP contribution >= 0.6 is 0 Å². The fourth-order valence-electron chi connectivity index (χ4n) is 1.45. The summed E-state index contributed by atoms with van der Waals surface area (Å²) in [5, 5.41) is 3.42. The van der Waals surface area contributed by atoms with Crippen molar-refractivity contribution >= 4 is 5.91 Å². The maximum atomic E-state index is 11.5. The average molecular weight is 220 g/mol. The van der Waals surface area contributed by atoms with Crippen molar-refractivity contribution in [3.8, 4) is 0 Å². The summed E-state index contributed by atoms with van der Waals surface area (Å²) >= 11 is 0. The summed E-state index contributed by atoms with van der Waals surface area (Å²) in [5.74, 6) is -0.166. The predicted octanol–water partition coefficient (Wildman–Crippen LogP) is 2.63. The predicted molar refractivity (Wildman–Crippen MR) is 62.8 cm³/mol. The molecule has 1 amide bonds. The van der Waals surface area contributed by atoms with Crippen LogP contribution in [0, 0.1) is 11.8 Å². The first-order chi connectivity index (χ1) is 7.54. The second-order valence-corrected chi connectivity index (χ2v) is 4.01. The number of benzene rings is 1. The summed E-state index contributed by atoms with van der Waals surface area (Å²) in [7, 11) is 1.37. The highest BCUT2D eigenvalue weighted by atomic mass is 16.3. The number of hydrogen-bond donors (Lipinski definition) is 0. The van der Waals surface area contributed by atoms with E-state index in [2.05, 4.69) is 5.29 Å². The Labute approximate surface area is 95.2 Å². The number of rotatable bonds is 4. The summed E-state index contributed by atoms with van der Waals surface area (Å²) in [6, 6.07) is 8.03. The summed E-state index contributed by atoms with van der Waals surface area (Å²) in [6.07, 6.45) is 0.297. The number of hydrogen-bond acceptors (Lipinski definition) is 3. The van der Waals surface area contributed by atoms with Crippen LogP contribution < -0.4 is 0 Å². The molecule has 0 saturated heterocycles. The molecule has 16 heavy (non-hydrogen) atoms. The van der Waals surface area contributed by atoms with Gasteiger partial charge in [0.2, 0.25) is 5.91 Å². The quantitative estimate of drug-likeness (QED) is 0.578. The van der Waals surface area contributed by atoms with Gasteiger partial charge in [-0.05, 0) is 18.4 Å². The molecule has 1 atom stereocenters. The van der Waals surface area contributed by atoms with Crippen LogP contribution in [0.2, 0.25) is 0 Å². The van der Waals surface area contributed by atoms with Crippen LogP contribution in [0.3, 0.4) is 0 Å². The zero-order valence-electron chi connectivity index (χ0n) is 9.80. The van der Waals surface area contributed by atoms with Crippen LogP contribution in [0.4, 0.5) is 0 Å². The van der Waals surface area contributed by atoms with Crippen molar-refractivity contribution in [2.45, 2.75) is 26.2 Å². The third kappa shape index (κ3) is 3.15. The Morgan fingerprint density at radius 1 is 1.38 bits per heavy atom. The molecule has 1 rings (SSSR count). The molecular formula is C12H16N2O2. The zero-order chi connectivity index (χ0) is 12.1. The van der Waals surface area contributed by atoms with E-state index >= 15 is 0 Å². The van der Waals surface area contributed by atoms with Gasteiger partial charge in [0.25, 0.3) is 0 Å². The first-order valence-corrected chi connectivity index (χ1v) is 5.21. The minimum Gasteiger partial charge on any atom is -0.273 e. The van der Waals surface area contributed by atoms with Crippen LogP contribution in [0.1, 0.15) is 30.4 Å². The lowest BCUT2D eigenvalue weighted by Crippen LogP contribution is -2.21. The number of nitrogens with zero attached hydrogens (tertiary/aromatic N) is 2. The second-order valence-electron chi connectivity index (χ2n) is 4.01. The smallest absolute Gasteiger partial charge is 0.245 e. The van der Waals surface area contributed by atoms with Crippen LogP contribution in [-0.2, 0) is 4.79 Å². The minimum absolute atomic E-state index is 0.0947. The standard InChI is InChI=1S/C12H16N2O2/c1-9-4-6-11(7-5-9)10(2)8-12(15)14(3)13-16/h4-7,10H,8H2,1-3H3. The van der Waals surface area contributed by atoms with Gasteiger partial charge in [-0.25, -0.2) is 0 Å². The first-order valence-electron chi connectivity index (χ1n) is 5.21. The number of carbonyl (C=O) groups excluding carboxylic acids is 1. The molecule has 1 unspecified atom stereocenters. The number of carbonyl (C=O) groups is 1. The van der Waals surface area contributed by atoms with E-state index in [1.54, 1.807) is 0 Å². The molecule has 1 aromatic carbocycles. The van der Waals surface area contributed by atoms with Gasteiger partial charge in [-0.3, -0.25) is 4.79 Å². The molecule has 0 heterocycles. The molecule has 0 aliphatic carbocycles. The topological polar surface area (TPSA) is 49.7 Å². The van der Waals surface area contributed by atoms with Crippen molar-refractivity contribution in [1.29, 1.82) is 0 Å². The van der Waals surface area contributed by atoms with E-state index < -0.39 is 0 Å². The molecule has 0 spiro atoms. The molecule has 0 saturated carbocycles. The fourth-order valence-corrected chi connectivity index (χ4v) is 1.45. The maximum absolute atomic E-state index is 11.5. The molecule has 0 fully saturated rings. The molecular weight excluding hydrogens is 204 g/mol. The highest BCUT2D eigenvalue weighted by Crippen LogP contribution is 2.20. The molecule has 4 heteroatoms. The SMILES string of the molecule is Cc1ccc(C(C)CC(=O)N(C)N=O)cc1. The Hall–Kier alpha value is -1.71. The van der Waals surface area contributed by atoms with Crippen LogP contribution in [0.5, 0.6) is 0 Å². The molecule has 0 aliphatic heterocycles. The van der Waals surface area contributed by atoms with Gasteiger partial charge >= 0.3 is 0 Å². The van der Waals surface area contributed by atoms with Crippen molar-refractivity contribution in [3.63, 3.8) is 0 Å². The van der Waals surface area contributed by atoms with Crippen molar-refractivity contribution in [1.82, 2.24) is 5.01 Å². The van der Waals surface area contributed by atoms with E-state index in [9.17, 15) is 9.70 Å². The van der Waals surface area contributed by atoms with E-state index in [0.29, 0.717) is 6.42 Å². The highest BCUT2D eigenvalue weighted by Gasteiger charge is 2.14. The Kier molecular flexibility index (Phi) is 4.17. The lowest BCUT2D eigenvalue weighted by molar-refractivity contribution is -0.130. The van der Waals surface area contributed by atoms with E-state index in [1.807, 2.05) is 38.1 Å². The average Bonchev–Trinajstić information content (AvgIpc) is 2.28. The number of nitroso groups, excluding NO2 is 1. The highest BCUT2D eigenvalue weighted by molar-refractivity contribution is 5.76. The number of amides is 1. The van der Waals surface area contributed by atoms with Gasteiger partial charge in [0.1, 0.15) is 0 Å². The number of aryl methyl sites for hydroxylation is 1. The maximum Gasteiger partial charge on any atom is 0.245 e. The molecule has 86 valence electrons. The van der Waals surface area contributed by atoms with Crippen LogP contribution in [-0.4, -0.2) is 18.0 Å². The van der Waals surface area contributed by atoms with Gasteiger partial charge in [-0.2, -0.15) is 5.01 Å². The van der Waals surface area contributed by atoms with Crippen molar-refractivity contribution in [3.05, 3.63) is 40.3 Å². The molecule has 0 bridgehead atoms. The molecule has 0 N–H and O–H groups in total. The molecule has 4 nitrogen and oxygen atoms in total. The van der Waals surface area contributed by atoms with Gasteiger partial charge in [0.15, 0.2) is 0 Å². The van der Waals surface area contributed by atoms with Gasteiger partial charge in [-0.15, -0.1) is 4.91 Å². The lowest BCUT2D eigenvalue weighted by atomic mass is 9.96. The molecule has 1 aromatic rings. The van der Waals surface area contributed by atoms with E-state index in [-0.39, 0.29) is 11.8 Å². The third-order valence-corrected chi connectivity index (χ3v) is 2.61. The first kappa shape index (κ1) is 12.4. The van der Waals surface area contributed by atoms with Crippen molar-refractivity contribution < 1.29 is 4.79 Å². The summed E-state index contributed by atoms with van der Waals surface area (Å²) in [5.41, 5.74) is 2.28. The Bertz CT molecular complexity index is 373. The molecule has 0 aliphatic rings. The molecule has 0 aromatic heterocycles. The van der Waals surface area contributed by atoms with Gasteiger partial charge in [0, 0.05) is 13.5 Å². The lowest BCUT2D eigenvalue weighted by Gasteiger charge is -2.13. The van der Waals surface area contributed by atoms with Crippen LogP contribution in [0.25, 0.3) is 0 Å². The van der Waals surface area contributed by atoms with Gasteiger partial charge < -0.3 is 0 Å². The summed E-state index contributed by atoms with van der Waals surface area (Å²) in [6.45, 7) is 3.98. The second kappa shape index (κ2) is 5.39. The molecule has 0 radical (unpaired) electrons. The summed E-state index contributed by atoms with van der Waals surface area (Å²) < 4.78 is 0. The Balaban J connectivity index is 2.65. The largest absolute Gasteiger partial charge is 0.273 e. The Morgan fingerprint density at radius 2 is 1.94 bits per heavy atom. The normalized spacial score (nSPS) is 11.9. The van der Waals surface area contributed by atoms with Gasteiger partial charge in [0.05, 0.1) is 5.29 Å². The minimum atomic E-state index is -0.261. The van der Waals surface area contributed by atoms with E-state index in [1.165, 1.54) is 12.6 Å². The zero-order valence-corrected chi connectivity index (χ0v) is 9.80. The monoisotopic (exact) mass is 220 g/mol. The van der Waals surface area contributed by atoms with E-state index in [4.69, 9.17) is 0 Å². The third-order valence-electron chi connectivity index (χ3n) is 2.61. The van der Waals surface area contributed by atoms with Crippen molar-refractivity contribution in [2.75, 3.05) is 7.05 Å². The van der Waals surface area contributed by atoms with Gasteiger partial charge in [-0.1, -0.05) is 36.8 Å². The fraction of sp³-hybridized carbons (Fsp3) is 0.417. The Morgan fingerprint density at radius 3 is 2.44 bits per heavy atom. The van der Waals surface area contributed by atoms with Crippen molar-refractivity contribution in [2.24, 2.45) is 5.29 Å². The summed E-state index contributed by atoms with van der Waals surface area (Å²) in [4.78, 5) is 21.6. The van der Waals surface area contributed by atoms with E-state index in [0.717, 1.165) is 10.6 Å².